The Bertz CT molecular complexity index is 1690. The maximum atomic E-state index is 13.0. The molecule has 0 unspecified atom stereocenters. The summed E-state index contributed by atoms with van der Waals surface area (Å²) in [6.45, 7) is 1.33. The molecule has 0 bridgehead atoms. The van der Waals surface area contributed by atoms with Gasteiger partial charge in [0.2, 0.25) is 10.0 Å². The number of anilines is 1. The molecule has 0 saturated carbocycles. The number of sulfonamides is 2. The van der Waals surface area contributed by atoms with Crippen molar-refractivity contribution in [3.63, 3.8) is 0 Å². The number of benzene rings is 3. The van der Waals surface area contributed by atoms with Crippen LogP contribution in [-0.2, 0) is 26.6 Å². The van der Waals surface area contributed by atoms with Gasteiger partial charge in [-0.2, -0.15) is 4.31 Å². The molecule has 0 amide bonds. The third kappa shape index (κ3) is 4.94. The van der Waals surface area contributed by atoms with Crippen LogP contribution in [-0.4, -0.2) is 38.8 Å². The van der Waals surface area contributed by atoms with Gasteiger partial charge in [0.1, 0.15) is 0 Å². The van der Waals surface area contributed by atoms with E-state index in [-0.39, 0.29) is 20.4 Å². The Morgan fingerprint density at radius 2 is 1.50 bits per heavy atom. The summed E-state index contributed by atoms with van der Waals surface area (Å²) >= 11 is 6.91. The SMILES string of the molecule is O=c1sc2cc(S(=O)(=O)Nc3ccc(S(=O)(=O)N4CCCC4)cc3)ccc2n1Cc1ccc(Cl)cc1. The highest BCUT2D eigenvalue weighted by Gasteiger charge is 2.27. The number of halogens is 1. The molecule has 12 heteroatoms. The summed E-state index contributed by atoms with van der Waals surface area (Å²) in [7, 11) is -7.55. The van der Waals surface area contributed by atoms with Crippen molar-refractivity contribution in [1.29, 1.82) is 0 Å². The summed E-state index contributed by atoms with van der Waals surface area (Å²) in [5.41, 5.74) is 1.77. The van der Waals surface area contributed by atoms with E-state index in [9.17, 15) is 21.6 Å². The van der Waals surface area contributed by atoms with Crippen molar-refractivity contribution < 1.29 is 16.8 Å². The van der Waals surface area contributed by atoms with Crippen LogP contribution in [0.2, 0.25) is 5.02 Å². The van der Waals surface area contributed by atoms with Crippen LogP contribution in [0, 0.1) is 0 Å². The van der Waals surface area contributed by atoms with Gasteiger partial charge in [0.15, 0.2) is 0 Å². The molecule has 1 N–H and O–H groups in total. The van der Waals surface area contributed by atoms with Crippen LogP contribution in [0.4, 0.5) is 5.69 Å². The van der Waals surface area contributed by atoms with Crippen molar-refractivity contribution in [3.05, 3.63) is 87.0 Å². The van der Waals surface area contributed by atoms with Crippen LogP contribution < -0.4 is 9.60 Å². The molecular formula is C24H22ClN3O5S3. The predicted octanol–water partition coefficient (Wildman–Crippen LogP) is 4.35. The summed E-state index contributed by atoms with van der Waals surface area (Å²) in [5.74, 6) is 0. The monoisotopic (exact) mass is 563 g/mol. The smallest absolute Gasteiger partial charge is 0.294 e. The molecule has 5 rings (SSSR count). The van der Waals surface area contributed by atoms with Crippen molar-refractivity contribution in [2.75, 3.05) is 17.8 Å². The number of nitrogens with one attached hydrogen (secondary N) is 1. The normalized spacial score (nSPS) is 14.9. The Kier molecular flexibility index (Phi) is 6.69. The fraction of sp³-hybridized carbons (Fsp3) is 0.208. The first-order valence-electron chi connectivity index (χ1n) is 11.1. The lowest BCUT2D eigenvalue weighted by molar-refractivity contribution is 0.477. The summed E-state index contributed by atoms with van der Waals surface area (Å²) in [6, 6.07) is 17.4. The molecular weight excluding hydrogens is 542 g/mol. The maximum Gasteiger partial charge on any atom is 0.308 e. The molecule has 188 valence electrons. The number of rotatable bonds is 7. The van der Waals surface area contributed by atoms with E-state index in [4.69, 9.17) is 11.6 Å². The lowest BCUT2D eigenvalue weighted by Crippen LogP contribution is -2.27. The zero-order chi connectivity index (χ0) is 25.5. The van der Waals surface area contributed by atoms with Gasteiger partial charge in [-0.15, -0.1) is 0 Å². The Balaban J connectivity index is 1.37. The van der Waals surface area contributed by atoms with Crippen molar-refractivity contribution in [2.24, 2.45) is 0 Å². The van der Waals surface area contributed by atoms with E-state index in [1.807, 2.05) is 12.1 Å². The molecule has 0 radical (unpaired) electrons. The summed E-state index contributed by atoms with van der Waals surface area (Å²) in [6.07, 6.45) is 1.67. The summed E-state index contributed by atoms with van der Waals surface area (Å²) in [4.78, 5) is 12.5. The molecule has 1 saturated heterocycles. The van der Waals surface area contributed by atoms with Gasteiger partial charge in [-0.1, -0.05) is 35.1 Å². The van der Waals surface area contributed by atoms with Gasteiger partial charge in [-0.25, -0.2) is 16.8 Å². The largest absolute Gasteiger partial charge is 0.308 e. The summed E-state index contributed by atoms with van der Waals surface area (Å²) in [5, 5.41) is 0.603. The summed E-state index contributed by atoms with van der Waals surface area (Å²) < 4.78 is 57.5. The number of hydrogen-bond acceptors (Lipinski definition) is 6. The van der Waals surface area contributed by atoms with Crippen LogP contribution in [0.25, 0.3) is 10.2 Å². The van der Waals surface area contributed by atoms with Gasteiger partial charge >= 0.3 is 4.87 Å². The number of thiazole rings is 1. The maximum absolute atomic E-state index is 13.0. The highest BCUT2D eigenvalue weighted by molar-refractivity contribution is 7.92. The van der Waals surface area contributed by atoms with Crippen LogP contribution in [0.5, 0.6) is 0 Å². The Morgan fingerprint density at radius 3 is 2.17 bits per heavy atom. The van der Waals surface area contributed by atoms with Crippen molar-refractivity contribution >= 4 is 58.9 Å². The van der Waals surface area contributed by atoms with Crippen molar-refractivity contribution in [2.45, 2.75) is 29.2 Å². The van der Waals surface area contributed by atoms with E-state index in [0.29, 0.717) is 34.9 Å². The molecule has 36 heavy (non-hydrogen) atoms. The van der Waals surface area contributed by atoms with Crippen LogP contribution >= 0.6 is 22.9 Å². The van der Waals surface area contributed by atoms with Gasteiger partial charge in [-0.05, 0) is 73.0 Å². The molecule has 8 nitrogen and oxygen atoms in total. The zero-order valence-electron chi connectivity index (χ0n) is 18.9. The second-order valence-corrected chi connectivity index (χ2v) is 13.5. The van der Waals surface area contributed by atoms with E-state index >= 15 is 0 Å². The molecule has 0 spiro atoms. The highest BCUT2D eigenvalue weighted by Crippen LogP contribution is 2.26. The molecule has 1 fully saturated rings. The highest BCUT2D eigenvalue weighted by atomic mass is 35.5. The van der Waals surface area contributed by atoms with E-state index < -0.39 is 20.0 Å². The number of nitrogens with zero attached hydrogens (tertiary/aromatic N) is 2. The molecule has 2 heterocycles. The number of hydrogen-bond donors (Lipinski definition) is 1. The number of aromatic nitrogens is 1. The minimum absolute atomic E-state index is 0.00339. The molecule has 0 atom stereocenters. The Morgan fingerprint density at radius 1 is 0.861 bits per heavy atom. The lowest BCUT2D eigenvalue weighted by Gasteiger charge is -2.16. The Labute approximate surface area is 217 Å². The average molecular weight is 564 g/mol. The second kappa shape index (κ2) is 9.64. The van der Waals surface area contributed by atoms with Crippen LogP contribution in [0.15, 0.2) is 81.3 Å². The van der Waals surface area contributed by atoms with E-state index in [2.05, 4.69) is 4.72 Å². The van der Waals surface area contributed by atoms with E-state index in [1.165, 1.54) is 40.7 Å². The molecule has 1 aromatic heterocycles. The minimum atomic E-state index is -3.97. The van der Waals surface area contributed by atoms with Crippen LogP contribution in [0.3, 0.4) is 0 Å². The van der Waals surface area contributed by atoms with Crippen LogP contribution in [0.1, 0.15) is 18.4 Å². The second-order valence-electron chi connectivity index (χ2n) is 8.45. The third-order valence-electron chi connectivity index (χ3n) is 6.01. The molecule has 3 aromatic carbocycles. The first kappa shape index (κ1) is 25.0. The van der Waals surface area contributed by atoms with E-state index in [0.717, 1.165) is 29.7 Å². The van der Waals surface area contributed by atoms with Gasteiger partial charge < -0.3 is 0 Å². The fourth-order valence-corrected chi connectivity index (χ4v) is 7.85. The zero-order valence-corrected chi connectivity index (χ0v) is 22.1. The molecule has 1 aliphatic heterocycles. The lowest BCUT2D eigenvalue weighted by atomic mass is 10.2. The molecule has 4 aromatic rings. The quantitative estimate of drug-likeness (QED) is 0.360. The van der Waals surface area contributed by atoms with Gasteiger partial charge in [-0.3, -0.25) is 14.1 Å². The van der Waals surface area contributed by atoms with Gasteiger partial charge in [0.25, 0.3) is 10.0 Å². The van der Waals surface area contributed by atoms with Crippen molar-refractivity contribution in [3.8, 4) is 0 Å². The fourth-order valence-electron chi connectivity index (χ4n) is 4.12. The minimum Gasteiger partial charge on any atom is -0.294 e. The van der Waals surface area contributed by atoms with Gasteiger partial charge in [0.05, 0.1) is 26.6 Å². The first-order chi connectivity index (χ1) is 17.1. The van der Waals surface area contributed by atoms with E-state index in [1.54, 1.807) is 22.8 Å². The standard InChI is InChI=1S/C24H22ClN3O5S3/c25-18-5-3-17(4-6-18)16-28-22-12-11-21(15-23(22)34-24(28)29)35(30,31)26-19-7-9-20(10-8-19)36(32,33)27-13-1-2-14-27/h3-12,15,26H,1-2,13-14,16H2. The topological polar surface area (TPSA) is 106 Å². The Hall–Kier alpha value is -2.70. The van der Waals surface area contributed by atoms with Crippen molar-refractivity contribution in [1.82, 2.24) is 8.87 Å². The molecule has 1 aliphatic rings. The molecule has 0 aliphatic carbocycles. The average Bonchev–Trinajstić information content (AvgIpc) is 3.49. The number of fused-ring (bicyclic) bond motifs is 1. The third-order valence-corrected chi connectivity index (χ3v) is 10.5. The van der Waals surface area contributed by atoms with Gasteiger partial charge in [0, 0.05) is 23.8 Å². The predicted molar refractivity (Wildman–Crippen MR) is 142 cm³/mol. The first-order valence-corrected chi connectivity index (χ1v) is 15.3.